The molecule has 0 radical (unpaired) electrons. The van der Waals surface area contributed by atoms with Gasteiger partial charge in [0.2, 0.25) is 0 Å². The molecule has 1 aliphatic rings. The lowest BCUT2D eigenvalue weighted by Crippen LogP contribution is -2.40. The number of piperidine rings is 1. The van der Waals surface area contributed by atoms with Crippen molar-refractivity contribution in [2.45, 2.75) is 12.8 Å². The van der Waals surface area contributed by atoms with Gasteiger partial charge in [-0.25, -0.2) is 4.98 Å². The molecule has 1 unspecified atom stereocenters. The average molecular weight is 371 g/mol. The lowest BCUT2D eigenvalue weighted by Gasteiger charge is -2.32. The van der Waals surface area contributed by atoms with Gasteiger partial charge in [0.05, 0.1) is 7.11 Å². The smallest absolute Gasteiger partial charge is 0.287 e. The average Bonchev–Trinajstić information content (AvgIpc) is 3.35. The van der Waals surface area contributed by atoms with Crippen LogP contribution in [-0.4, -0.2) is 37.6 Å². The van der Waals surface area contributed by atoms with Crippen molar-refractivity contribution in [3.05, 3.63) is 41.6 Å². The number of nitrogens with one attached hydrogen (secondary N) is 1. The number of aromatic nitrogens is 1. The van der Waals surface area contributed by atoms with Gasteiger partial charge in [0, 0.05) is 36.6 Å². The highest BCUT2D eigenvalue weighted by molar-refractivity contribution is 7.13. The molecule has 1 aliphatic heterocycles. The van der Waals surface area contributed by atoms with Crippen LogP contribution in [0.3, 0.4) is 0 Å². The molecule has 1 saturated heterocycles. The lowest BCUT2D eigenvalue weighted by atomic mass is 9.98. The monoisotopic (exact) mass is 371 g/mol. The number of furan rings is 1. The van der Waals surface area contributed by atoms with Crippen molar-refractivity contribution in [3.63, 3.8) is 0 Å². The molecule has 0 saturated carbocycles. The van der Waals surface area contributed by atoms with Gasteiger partial charge in [0.25, 0.3) is 5.91 Å². The second-order valence-corrected chi connectivity index (χ2v) is 7.34. The molecule has 1 atom stereocenters. The highest BCUT2D eigenvalue weighted by atomic mass is 32.1. The third-order valence-corrected chi connectivity index (χ3v) is 5.54. The van der Waals surface area contributed by atoms with Crippen molar-refractivity contribution in [2.24, 2.45) is 5.92 Å². The Bertz CT molecular complexity index is 891. The van der Waals surface area contributed by atoms with E-state index in [1.165, 1.54) is 0 Å². The summed E-state index contributed by atoms with van der Waals surface area (Å²) in [6.07, 6.45) is 4.05. The molecule has 1 amide bonds. The summed E-state index contributed by atoms with van der Waals surface area (Å²) < 4.78 is 11.0. The minimum atomic E-state index is -0.186. The maximum atomic E-state index is 12.5. The summed E-state index contributed by atoms with van der Waals surface area (Å²) in [5.74, 6) is 1.18. The Morgan fingerprint density at radius 1 is 1.50 bits per heavy atom. The van der Waals surface area contributed by atoms with Gasteiger partial charge in [0.1, 0.15) is 0 Å². The summed E-state index contributed by atoms with van der Waals surface area (Å²) in [4.78, 5) is 19.2. The molecule has 3 heterocycles. The zero-order chi connectivity index (χ0) is 17.9. The molecular formula is C19H21N3O3S. The molecule has 0 bridgehead atoms. The summed E-state index contributed by atoms with van der Waals surface area (Å²) in [5.41, 5.74) is 0.604. The zero-order valence-electron chi connectivity index (χ0n) is 14.6. The van der Waals surface area contributed by atoms with E-state index >= 15 is 0 Å². The van der Waals surface area contributed by atoms with E-state index in [2.05, 4.69) is 15.2 Å². The van der Waals surface area contributed by atoms with E-state index in [9.17, 15) is 4.79 Å². The number of anilines is 1. The number of benzene rings is 1. The highest BCUT2D eigenvalue weighted by Crippen LogP contribution is 2.28. The van der Waals surface area contributed by atoms with Gasteiger partial charge >= 0.3 is 0 Å². The summed E-state index contributed by atoms with van der Waals surface area (Å²) in [6.45, 7) is 2.58. The third kappa shape index (κ3) is 3.39. The van der Waals surface area contributed by atoms with E-state index in [4.69, 9.17) is 9.15 Å². The number of methoxy groups -OCH3 is 1. The minimum Gasteiger partial charge on any atom is -0.493 e. The van der Waals surface area contributed by atoms with E-state index in [0.29, 0.717) is 29.6 Å². The normalized spacial score (nSPS) is 17.4. The molecule has 6 nitrogen and oxygen atoms in total. The molecule has 1 N–H and O–H groups in total. The number of para-hydroxylation sites is 1. The number of thiazole rings is 1. The van der Waals surface area contributed by atoms with Gasteiger partial charge < -0.3 is 19.4 Å². The van der Waals surface area contributed by atoms with Gasteiger partial charge in [0.15, 0.2) is 22.2 Å². The third-order valence-electron chi connectivity index (χ3n) is 4.71. The van der Waals surface area contributed by atoms with Crippen LogP contribution in [0.1, 0.15) is 23.4 Å². The molecule has 4 rings (SSSR count). The van der Waals surface area contributed by atoms with E-state index in [0.717, 1.165) is 36.4 Å². The second kappa shape index (κ2) is 7.37. The van der Waals surface area contributed by atoms with Crippen LogP contribution in [0.4, 0.5) is 5.13 Å². The first kappa shape index (κ1) is 16.9. The fourth-order valence-corrected chi connectivity index (χ4v) is 4.09. The highest BCUT2D eigenvalue weighted by Gasteiger charge is 2.23. The van der Waals surface area contributed by atoms with Gasteiger partial charge in [-0.3, -0.25) is 4.79 Å². The number of rotatable bonds is 5. The van der Waals surface area contributed by atoms with Crippen molar-refractivity contribution in [2.75, 3.05) is 31.6 Å². The molecule has 136 valence electrons. The first-order chi connectivity index (χ1) is 12.7. The van der Waals surface area contributed by atoms with Gasteiger partial charge in [-0.05, 0) is 30.9 Å². The van der Waals surface area contributed by atoms with Crippen molar-refractivity contribution in [1.29, 1.82) is 0 Å². The van der Waals surface area contributed by atoms with Crippen LogP contribution in [0, 0.1) is 5.92 Å². The second-order valence-electron chi connectivity index (χ2n) is 6.47. The molecule has 3 aromatic rings. The maximum absolute atomic E-state index is 12.5. The topological polar surface area (TPSA) is 67.6 Å². The van der Waals surface area contributed by atoms with Crippen LogP contribution in [0.2, 0.25) is 0 Å². The van der Waals surface area contributed by atoms with E-state index < -0.39 is 0 Å². The molecule has 1 fully saturated rings. The summed E-state index contributed by atoms with van der Waals surface area (Å²) in [5, 5.41) is 6.94. The standard InChI is InChI=1S/C19H21N3O3S/c1-24-15-6-2-5-14-10-16(25-17(14)15)18(23)21-11-13-4-3-8-22(12-13)19-20-7-9-26-19/h2,5-7,9-10,13H,3-4,8,11-12H2,1H3,(H,21,23). The van der Waals surface area contributed by atoms with Gasteiger partial charge in [-0.15, -0.1) is 11.3 Å². The Labute approximate surface area is 155 Å². The lowest BCUT2D eigenvalue weighted by molar-refractivity contribution is 0.0920. The van der Waals surface area contributed by atoms with Crippen LogP contribution in [0.5, 0.6) is 5.75 Å². The van der Waals surface area contributed by atoms with Crippen LogP contribution in [0.15, 0.2) is 40.3 Å². The van der Waals surface area contributed by atoms with E-state index in [-0.39, 0.29) is 5.91 Å². The Kier molecular flexibility index (Phi) is 4.79. The zero-order valence-corrected chi connectivity index (χ0v) is 15.4. The Hall–Kier alpha value is -2.54. The van der Waals surface area contributed by atoms with Crippen molar-refractivity contribution >= 4 is 33.3 Å². The molecule has 0 spiro atoms. The number of ether oxygens (including phenoxy) is 1. The van der Waals surface area contributed by atoms with Crippen molar-refractivity contribution in [3.8, 4) is 5.75 Å². The number of hydrogen-bond donors (Lipinski definition) is 1. The molecule has 7 heteroatoms. The predicted molar refractivity (Wildman–Crippen MR) is 102 cm³/mol. The number of fused-ring (bicyclic) bond motifs is 1. The maximum Gasteiger partial charge on any atom is 0.287 e. The number of hydrogen-bond acceptors (Lipinski definition) is 6. The predicted octanol–water partition coefficient (Wildman–Crippen LogP) is 3.54. The summed E-state index contributed by atoms with van der Waals surface area (Å²) in [7, 11) is 1.59. The molecule has 0 aliphatic carbocycles. The fraction of sp³-hybridized carbons (Fsp3) is 0.368. The Morgan fingerprint density at radius 3 is 3.23 bits per heavy atom. The first-order valence-corrected chi connectivity index (χ1v) is 9.62. The number of carbonyl (C=O) groups is 1. The molecule has 26 heavy (non-hydrogen) atoms. The minimum absolute atomic E-state index is 0.186. The van der Waals surface area contributed by atoms with E-state index in [1.54, 1.807) is 24.5 Å². The SMILES string of the molecule is COc1cccc2cc(C(=O)NCC3CCCN(c4nccs4)C3)oc12. The Morgan fingerprint density at radius 2 is 2.42 bits per heavy atom. The molecule has 1 aromatic carbocycles. The molecular weight excluding hydrogens is 350 g/mol. The van der Waals surface area contributed by atoms with Gasteiger partial charge in [-0.1, -0.05) is 12.1 Å². The summed E-state index contributed by atoms with van der Waals surface area (Å²) >= 11 is 1.66. The van der Waals surface area contributed by atoms with Crippen LogP contribution in [-0.2, 0) is 0 Å². The first-order valence-electron chi connectivity index (χ1n) is 8.74. The quantitative estimate of drug-likeness (QED) is 0.743. The summed E-state index contributed by atoms with van der Waals surface area (Å²) in [6, 6.07) is 7.37. The van der Waals surface area contributed by atoms with Gasteiger partial charge in [-0.2, -0.15) is 0 Å². The Balaban J connectivity index is 1.39. The largest absolute Gasteiger partial charge is 0.493 e. The molecule has 2 aromatic heterocycles. The van der Waals surface area contributed by atoms with Crippen LogP contribution in [0.25, 0.3) is 11.0 Å². The van der Waals surface area contributed by atoms with Crippen molar-refractivity contribution < 1.29 is 13.9 Å². The number of nitrogens with zero attached hydrogens (tertiary/aromatic N) is 2. The van der Waals surface area contributed by atoms with Crippen LogP contribution >= 0.6 is 11.3 Å². The van der Waals surface area contributed by atoms with Crippen LogP contribution < -0.4 is 15.0 Å². The number of amides is 1. The fourth-order valence-electron chi connectivity index (χ4n) is 3.41. The number of carbonyl (C=O) groups excluding carboxylic acids is 1. The van der Waals surface area contributed by atoms with E-state index in [1.807, 2.05) is 29.8 Å². The van der Waals surface area contributed by atoms with Crippen molar-refractivity contribution in [1.82, 2.24) is 10.3 Å².